The van der Waals surface area contributed by atoms with E-state index >= 15 is 0 Å². The van der Waals surface area contributed by atoms with Gasteiger partial charge in [-0.15, -0.1) is 0 Å². The maximum absolute atomic E-state index is 14.5. The van der Waals surface area contributed by atoms with Gasteiger partial charge in [-0.1, -0.05) is 17.3 Å². The number of nitrogen functional groups attached to an aromatic ring is 1. The van der Waals surface area contributed by atoms with Crippen molar-refractivity contribution >= 4 is 17.9 Å². The lowest BCUT2D eigenvalue weighted by Crippen LogP contribution is -2.42. The monoisotopic (exact) mass is 593 g/mol. The van der Waals surface area contributed by atoms with Crippen molar-refractivity contribution in [3.63, 3.8) is 0 Å². The van der Waals surface area contributed by atoms with Crippen molar-refractivity contribution in [3.8, 4) is 17.1 Å². The Balaban J connectivity index is 1.45. The number of nitrogens with two attached hydrogens (primary N) is 1. The van der Waals surface area contributed by atoms with Crippen LogP contribution in [0.1, 0.15) is 55.7 Å². The van der Waals surface area contributed by atoms with Gasteiger partial charge in [0.05, 0.1) is 54.5 Å². The number of hydrogen-bond donors (Lipinski definition) is 3. The van der Waals surface area contributed by atoms with Crippen LogP contribution in [0.25, 0.3) is 11.3 Å². The maximum Gasteiger partial charge on any atom is 0.410 e. The number of carbonyl (C=O) groups is 1. The highest BCUT2D eigenvalue weighted by Gasteiger charge is 2.38. The van der Waals surface area contributed by atoms with E-state index in [1.165, 1.54) is 24.1 Å². The van der Waals surface area contributed by atoms with Gasteiger partial charge >= 0.3 is 6.09 Å². The average Bonchev–Trinajstić information content (AvgIpc) is 3.32. The quantitative estimate of drug-likeness (QED) is 0.361. The van der Waals surface area contributed by atoms with Crippen LogP contribution < -0.4 is 15.8 Å². The molecule has 1 saturated heterocycles. The molecule has 1 amide bonds. The Morgan fingerprint density at radius 2 is 2.02 bits per heavy atom. The fourth-order valence-corrected chi connectivity index (χ4v) is 5.37. The topological polar surface area (TPSA) is 157 Å². The highest BCUT2D eigenvalue weighted by molar-refractivity contribution is 6.01. The zero-order chi connectivity index (χ0) is 30.9. The number of pyridine rings is 1. The van der Waals surface area contributed by atoms with Crippen molar-refractivity contribution < 1.29 is 28.6 Å². The van der Waals surface area contributed by atoms with Gasteiger partial charge in [-0.05, 0) is 57.9 Å². The third-order valence-electron chi connectivity index (χ3n) is 7.17. The lowest BCUT2D eigenvalue weighted by molar-refractivity contribution is 0.0103. The van der Waals surface area contributed by atoms with Crippen LogP contribution in [0.2, 0.25) is 0 Å². The van der Waals surface area contributed by atoms with Crippen LogP contribution >= 0.6 is 0 Å². The average molecular weight is 594 g/mol. The Kier molecular flexibility index (Phi) is 8.36. The molecule has 0 radical (unpaired) electrons. The molecule has 3 aromatic rings. The highest BCUT2D eigenvalue weighted by Crippen LogP contribution is 2.34. The van der Waals surface area contributed by atoms with E-state index in [1.54, 1.807) is 52.0 Å². The van der Waals surface area contributed by atoms with Crippen LogP contribution in [-0.2, 0) is 16.0 Å². The largest absolute Gasteiger partial charge is 0.481 e. The van der Waals surface area contributed by atoms with E-state index in [2.05, 4.69) is 25.4 Å². The maximum atomic E-state index is 14.5. The Morgan fingerprint density at radius 3 is 2.77 bits per heavy atom. The number of carbonyl (C=O) groups excluding carboxylic acids is 1. The van der Waals surface area contributed by atoms with E-state index in [4.69, 9.17) is 20.0 Å². The van der Waals surface area contributed by atoms with Gasteiger partial charge in [0.25, 0.3) is 0 Å². The van der Waals surface area contributed by atoms with E-state index in [1.807, 2.05) is 0 Å². The summed E-state index contributed by atoms with van der Waals surface area (Å²) >= 11 is 0. The number of nitrogens with zero attached hydrogens (tertiary/aromatic N) is 5. The van der Waals surface area contributed by atoms with E-state index in [0.717, 1.165) is 5.56 Å². The number of halogens is 1. The number of aryl methyl sites for hydroxylation is 1. The van der Waals surface area contributed by atoms with Crippen molar-refractivity contribution in [3.05, 3.63) is 64.7 Å². The lowest BCUT2D eigenvalue weighted by Gasteiger charge is -2.30. The Hall–Kier alpha value is -4.52. The molecule has 0 bridgehead atoms. The van der Waals surface area contributed by atoms with Crippen molar-refractivity contribution in [2.75, 3.05) is 26.0 Å². The fraction of sp³-hybridized carbons (Fsp3) is 0.433. The van der Waals surface area contributed by atoms with Gasteiger partial charge in [-0.25, -0.2) is 24.1 Å². The second-order valence-corrected chi connectivity index (χ2v) is 11.6. The summed E-state index contributed by atoms with van der Waals surface area (Å²) in [5.41, 5.74) is 9.10. The zero-order valence-electron chi connectivity index (χ0n) is 24.8. The molecule has 1 aromatic carbocycles. The number of rotatable bonds is 6. The van der Waals surface area contributed by atoms with Crippen molar-refractivity contribution in [1.82, 2.24) is 25.2 Å². The SMILES string of the molecule is COc1cccc(-c2cc(F)ccc2[C@H]2Cc3nc(N)nc(C)c3/C(=N/OC[C@@H]3C[C@@H](O)CN3C(=O)OC(C)(C)C)N2)n1. The Labute approximate surface area is 249 Å². The minimum Gasteiger partial charge on any atom is -0.481 e. The fourth-order valence-electron chi connectivity index (χ4n) is 5.37. The molecule has 3 atom stereocenters. The number of fused-ring (bicyclic) bond motifs is 1. The predicted octanol–water partition coefficient (Wildman–Crippen LogP) is 3.51. The van der Waals surface area contributed by atoms with Crippen molar-refractivity contribution in [1.29, 1.82) is 0 Å². The van der Waals surface area contributed by atoms with Gasteiger partial charge in [0.2, 0.25) is 11.8 Å². The summed E-state index contributed by atoms with van der Waals surface area (Å²) < 4.78 is 25.3. The van der Waals surface area contributed by atoms with Crippen LogP contribution in [-0.4, -0.2) is 74.9 Å². The number of aromatic nitrogens is 3. The van der Waals surface area contributed by atoms with Crippen LogP contribution in [0.15, 0.2) is 41.6 Å². The molecule has 1 fully saturated rings. The standard InChI is InChI=1S/C30H36FN7O5/c1-16-26-24(36-28(32)33-16)13-23(20-10-9-17(31)11-21(20)22-7-6-8-25(34-22)41-5)35-27(26)37-42-15-18-12-19(39)14-38(18)29(40)43-30(2,3)4/h6-11,18-19,23,39H,12-15H2,1-5H3,(H,35,37)(H2,32,33,36)/t18-,19+,23+/m0/s1. The second kappa shape index (κ2) is 12.0. The smallest absolute Gasteiger partial charge is 0.410 e. The molecule has 13 heteroatoms. The van der Waals surface area contributed by atoms with Crippen molar-refractivity contribution in [2.24, 2.45) is 5.16 Å². The Bertz CT molecular complexity index is 1540. The molecule has 0 aliphatic carbocycles. The number of amides is 1. The predicted molar refractivity (Wildman–Crippen MR) is 157 cm³/mol. The zero-order valence-corrected chi connectivity index (χ0v) is 24.8. The number of hydrogen-bond acceptors (Lipinski definition) is 10. The Morgan fingerprint density at radius 1 is 1.23 bits per heavy atom. The van der Waals surface area contributed by atoms with Gasteiger partial charge in [0.15, 0.2) is 5.84 Å². The first-order valence-electron chi connectivity index (χ1n) is 14.0. The van der Waals surface area contributed by atoms with Crippen LogP contribution in [0.5, 0.6) is 5.88 Å². The number of methoxy groups -OCH3 is 1. The number of aliphatic hydroxyl groups excluding tert-OH is 1. The van der Waals surface area contributed by atoms with Gasteiger partial charge in [0, 0.05) is 18.1 Å². The minimum atomic E-state index is -0.701. The second-order valence-electron chi connectivity index (χ2n) is 11.6. The summed E-state index contributed by atoms with van der Waals surface area (Å²) in [4.78, 5) is 33.3. The molecule has 4 heterocycles. The normalized spacial score (nSPS) is 20.9. The summed E-state index contributed by atoms with van der Waals surface area (Å²) in [6.45, 7) is 7.31. The van der Waals surface area contributed by atoms with Gasteiger partial charge < -0.3 is 30.5 Å². The van der Waals surface area contributed by atoms with E-state index in [-0.39, 0.29) is 19.1 Å². The van der Waals surface area contributed by atoms with Gasteiger partial charge in [-0.2, -0.15) is 0 Å². The molecular weight excluding hydrogens is 557 g/mol. The van der Waals surface area contributed by atoms with Crippen molar-refractivity contribution in [2.45, 2.75) is 64.3 Å². The number of β-amino-alcohol motifs (C(OH)–C–C–N with tert-alkyl or cyclic N) is 1. The third kappa shape index (κ3) is 6.77. The van der Waals surface area contributed by atoms with Crippen LogP contribution in [0.4, 0.5) is 15.1 Å². The van der Waals surface area contributed by atoms with Crippen LogP contribution in [0.3, 0.4) is 0 Å². The number of ether oxygens (including phenoxy) is 2. The number of likely N-dealkylation sites (tertiary alicyclic amines) is 1. The molecule has 228 valence electrons. The summed E-state index contributed by atoms with van der Waals surface area (Å²) in [6, 6.07) is 8.96. The molecule has 2 aliphatic heterocycles. The number of nitrogens with one attached hydrogen (secondary N) is 1. The molecule has 5 rings (SSSR count). The molecule has 0 spiro atoms. The molecule has 0 unspecified atom stereocenters. The summed E-state index contributed by atoms with van der Waals surface area (Å²) in [7, 11) is 1.52. The summed E-state index contributed by atoms with van der Waals surface area (Å²) in [5, 5.41) is 18.1. The number of aliphatic hydroxyl groups is 1. The molecule has 12 nitrogen and oxygen atoms in total. The lowest BCUT2D eigenvalue weighted by atomic mass is 9.90. The van der Waals surface area contributed by atoms with E-state index < -0.39 is 35.7 Å². The first-order chi connectivity index (χ1) is 20.4. The molecule has 2 aromatic heterocycles. The third-order valence-corrected chi connectivity index (χ3v) is 7.17. The van der Waals surface area contributed by atoms with Gasteiger partial charge in [-0.3, -0.25) is 4.90 Å². The molecule has 4 N–H and O–H groups in total. The number of benzene rings is 1. The number of amidine groups is 1. The number of anilines is 1. The summed E-state index contributed by atoms with van der Waals surface area (Å²) in [5.74, 6) is 0.477. The van der Waals surface area contributed by atoms with E-state index in [0.29, 0.717) is 52.8 Å². The van der Waals surface area contributed by atoms with Crippen LogP contribution in [0, 0.1) is 12.7 Å². The number of oxime groups is 1. The first kappa shape index (κ1) is 30.0. The molecular formula is C30H36FN7O5. The molecule has 0 saturated carbocycles. The summed E-state index contributed by atoms with van der Waals surface area (Å²) in [6.07, 6.45) is -0.498. The van der Waals surface area contributed by atoms with E-state index in [9.17, 15) is 14.3 Å². The highest BCUT2D eigenvalue weighted by atomic mass is 19.1. The first-order valence-corrected chi connectivity index (χ1v) is 14.0. The molecule has 2 aliphatic rings. The minimum absolute atomic E-state index is 0.0197. The van der Waals surface area contributed by atoms with Gasteiger partial charge in [0.1, 0.15) is 18.0 Å². The molecule has 43 heavy (non-hydrogen) atoms.